The predicted octanol–water partition coefficient (Wildman–Crippen LogP) is 10.9. The highest BCUT2D eigenvalue weighted by atomic mass is 16.5. The predicted molar refractivity (Wildman–Crippen MR) is 340 cm³/mol. The number of rotatable bonds is 4. The molecule has 3 atom stereocenters. The maximum atomic E-state index is 6.53. The van der Waals surface area contributed by atoms with Crippen molar-refractivity contribution in [2.45, 2.75) is 58.8 Å². The molecule has 0 fully saturated rings. The second-order valence-electron chi connectivity index (χ2n) is 22.7. The Morgan fingerprint density at radius 2 is 0.978 bits per heavy atom. The molecule has 0 unspecified atom stereocenters. The van der Waals surface area contributed by atoms with Crippen LogP contribution in [0.25, 0.3) is 103 Å². The molecular formula is C67H63N17O6. The fourth-order valence-corrected chi connectivity index (χ4v) is 12.4. The molecule has 11 aromatic heterocycles. The van der Waals surface area contributed by atoms with Crippen LogP contribution in [-0.2, 0) is 48.2 Å². The largest absolute Gasteiger partial charge is 0.489 e. The van der Waals surface area contributed by atoms with Gasteiger partial charge in [-0.25, -0.2) is 24.9 Å². The number of nitrogens with zero attached hydrogens (tertiary/aromatic N) is 14. The number of aromatic nitrogens is 17. The number of nitrogens with one attached hydrogen (secondary N) is 3. The SMILES string of the molecule is Cc1ccc2c(n1)/C=C/c1[nH]nc3c(Cc4ccc5c(n4)/C=C/c4[nH]nc6c(Cc7ccc8c(n7)/C=C/c7n[nH]c9ccc(nc79)-c7cnn(C)c7[C@@H](C)OCCO8)nc(cc46)-c4cnn(C)c4[C@@H](C)OCCO5)cc(cc13)-c1cnn(C)c1[C@@H](C)OCCO2. The Hall–Kier alpha value is -10.5. The lowest BCUT2D eigenvalue weighted by Crippen LogP contribution is -2.13. The summed E-state index contributed by atoms with van der Waals surface area (Å²) in [6.07, 6.45) is 17.1. The first kappa shape index (κ1) is 56.0. The lowest BCUT2D eigenvalue weighted by molar-refractivity contribution is 0.0396. The molecule has 1 aromatic carbocycles. The third-order valence-electron chi connectivity index (χ3n) is 16.8. The molecule has 23 nitrogen and oxygen atoms in total. The van der Waals surface area contributed by atoms with Gasteiger partial charge in [0.25, 0.3) is 0 Å². The molecule has 3 N–H and O–H groups in total. The maximum absolute atomic E-state index is 6.53. The molecule has 0 saturated carbocycles. The van der Waals surface area contributed by atoms with E-state index < -0.39 is 0 Å². The zero-order valence-corrected chi connectivity index (χ0v) is 50.6. The molecule has 12 aromatic rings. The van der Waals surface area contributed by atoms with Gasteiger partial charge in [-0.15, -0.1) is 0 Å². The van der Waals surface area contributed by atoms with Crippen LogP contribution < -0.4 is 14.2 Å². The zero-order valence-electron chi connectivity index (χ0n) is 50.6. The van der Waals surface area contributed by atoms with Crippen LogP contribution in [0.2, 0.25) is 0 Å². The van der Waals surface area contributed by atoms with E-state index in [-0.39, 0.29) is 31.5 Å². The third kappa shape index (κ3) is 10.5. The van der Waals surface area contributed by atoms with Crippen molar-refractivity contribution < 1.29 is 28.4 Å². The number of hydrogen-bond acceptors (Lipinski definition) is 17. The first-order valence-corrected chi connectivity index (χ1v) is 30.0. The summed E-state index contributed by atoms with van der Waals surface area (Å²) in [5, 5.41) is 40.2. The van der Waals surface area contributed by atoms with Gasteiger partial charge >= 0.3 is 0 Å². The van der Waals surface area contributed by atoms with Crippen LogP contribution in [0.15, 0.2) is 85.3 Å². The summed E-state index contributed by atoms with van der Waals surface area (Å²) in [6, 6.07) is 22.1. The van der Waals surface area contributed by atoms with E-state index in [4.69, 9.17) is 73.7 Å². The van der Waals surface area contributed by atoms with Gasteiger partial charge in [-0.3, -0.25) is 29.3 Å². The molecule has 0 amide bonds. The highest BCUT2D eigenvalue weighted by molar-refractivity contribution is 5.96. The summed E-state index contributed by atoms with van der Waals surface area (Å²) in [6.45, 7) is 9.92. The first-order valence-electron chi connectivity index (χ1n) is 30.0. The van der Waals surface area contributed by atoms with E-state index >= 15 is 0 Å². The summed E-state index contributed by atoms with van der Waals surface area (Å²) in [7, 11) is 5.77. The number of fused-ring (bicyclic) bond motifs is 12. The molecule has 0 spiro atoms. The molecule has 6 bridgehead atoms. The van der Waals surface area contributed by atoms with Gasteiger partial charge in [0.2, 0.25) is 0 Å². The standard InChI is InChI=1S/C67H63N17O6/c1-36-8-19-59-52(71-36)14-12-50-44-30-40(46-33-68-82(5)65(46)37(2)85-22-25-88-59)28-41(62(44)80-76-50)29-42-9-20-60-53(72-42)15-13-51-45-32-57(48-35-70-84(7)67(48)39(4)87-24-27-89-60)74-58(63(45)81-77-51)31-43-10-21-61-54(73-43)16-18-56-64-55(78-79-56)17-11-49(75-64)47-34-69-83(6)66(47)38(3)86-23-26-90-61/h8-21,28,30,32-35,37-39H,22-27,29,31H2,1-7H3,(H,76,80)(H,77,81)(H,78,79)/b14-12+,15-13+,18-16+/t37-,38-,39-/m1/s1. The van der Waals surface area contributed by atoms with E-state index in [2.05, 4.69) is 43.7 Å². The third-order valence-corrected chi connectivity index (χ3v) is 16.8. The topological polar surface area (TPSA) is 259 Å². The minimum Gasteiger partial charge on any atom is -0.489 e. The van der Waals surface area contributed by atoms with Crippen molar-refractivity contribution >= 4 is 69.3 Å². The van der Waals surface area contributed by atoms with E-state index in [1.54, 1.807) is 0 Å². The number of H-pyrrole nitrogens is 3. The number of pyridine rings is 5. The molecule has 0 aliphatic carbocycles. The van der Waals surface area contributed by atoms with Gasteiger partial charge < -0.3 is 28.4 Å². The molecule has 3 aliphatic rings. The average molecular weight is 1200 g/mol. The van der Waals surface area contributed by atoms with Gasteiger partial charge in [0.05, 0.1) is 113 Å². The van der Waals surface area contributed by atoms with Crippen LogP contribution >= 0.6 is 0 Å². The van der Waals surface area contributed by atoms with Crippen LogP contribution in [0.3, 0.4) is 0 Å². The summed E-state index contributed by atoms with van der Waals surface area (Å²) in [4.78, 5) is 25.8. The number of ether oxygens (including phenoxy) is 6. The van der Waals surface area contributed by atoms with Crippen LogP contribution in [0.5, 0.6) is 17.2 Å². The molecule has 14 heterocycles. The lowest BCUT2D eigenvalue weighted by Gasteiger charge is -2.17. The van der Waals surface area contributed by atoms with Crippen LogP contribution in [0.4, 0.5) is 0 Å². The second-order valence-corrected chi connectivity index (χ2v) is 22.7. The summed E-state index contributed by atoms with van der Waals surface area (Å²) in [5.41, 5.74) is 19.0. The van der Waals surface area contributed by atoms with Crippen molar-refractivity contribution in [3.05, 3.63) is 165 Å². The lowest BCUT2D eigenvalue weighted by atomic mass is 9.96. The Bertz CT molecular complexity index is 4850. The normalized spacial score (nSPS) is 18.1. The van der Waals surface area contributed by atoms with E-state index in [1.807, 2.05) is 166 Å². The smallest absolute Gasteiger partial charge is 0.145 e. The van der Waals surface area contributed by atoms with Crippen LogP contribution in [0, 0.1) is 6.92 Å². The zero-order chi connectivity index (χ0) is 61.1. The van der Waals surface area contributed by atoms with Crippen molar-refractivity contribution in [2.24, 2.45) is 21.1 Å². The Morgan fingerprint density at radius 3 is 1.61 bits per heavy atom. The number of aryl methyl sites for hydroxylation is 4. The molecule has 15 rings (SSSR count). The average Bonchev–Trinajstić information content (AvgIpc) is 1.81. The minimum absolute atomic E-state index is 0.265. The summed E-state index contributed by atoms with van der Waals surface area (Å²) in [5.74, 6) is 1.84. The molecular weight excluding hydrogens is 1140 g/mol. The van der Waals surface area contributed by atoms with E-state index in [9.17, 15) is 0 Å². The Kier molecular flexibility index (Phi) is 14.5. The monoisotopic (exact) mass is 1200 g/mol. The highest BCUT2D eigenvalue weighted by Gasteiger charge is 2.26. The van der Waals surface area contributed by atoms with Crippen molar-refractivity contribution in [1.82, 2.24) is 84.9 Å². The van der Waals surface area contributed by atoms with Crippen molar-refractivity contribution in [1.29, 1.82) is 0 Å². The van der Waals surface area contributed by atoms with E-state index in [0.29, 0.717) is 102 Å². The fourth-order valence-electron chi connectivity index (χ4n) is 12.4. The van der Waals surface area contributed by atoms with Gasteiger partial charge in [0, 0.05) is 78.5 Å². The molecule has 3 aliphatic heterocycles. The van der Waals surface area contributed by atoms with Gasteiger partial charge in [0.1, 0.15) is 70.9 Å². The van der Waals surface area contributed by atoms with Crippen LogP contribution in [0.1, 0.15) is 119 Å². The van der Waals surface area contributed by atoms with Gasteiger partial charge in [-0.05, 0) is 142 Å². The van der Waals surface area contributed by atoms with Crippen molar-refractivity contribution in [3.8, 4) is 50.9 Å². The maximum Gasteiger partial charge on any atom is 0.145 e. The van der Waals surface area contributed by atoms with Crippen molar-refractivity contribution in [2.75, 3.05) is 39.6 Å². The molecule has 0 radical (unpaired) electrons. The molecule has 452 valence electrons. The van der Waals surface area contributed by atoms with Gasteiger partial charge in [0.15, 0.2) is 0 Å². The van der Waals surface area contributed by atoms with Gasteiger partial charge in [-0.2, -0.15) is 30.6 Å². The van der Waals surface area contributed by atoms with Crippen molar-refractivity contribution in [3.63, 3.8) is 0 Å². The number of benzene rings is 1. The van der Waals surface area contributed by atoms with E-state index in [0.717, 1.165) is 101 Å². The quantitative estimate of drug-likeness (QED) is 0.148. The summed E-state index contributed by atoms with van der Waals surface area (Å²) >= 11 is 0. The minimum atomic E-state index is -0.378. The van der Waals surface area contributed by atoms with E-state index in [1.165, 1.54) is 0 Å². The summed E-state index contributed by atoms with van der Waals surface area (Å²) < 4.78 is 44.0. The highest BCUT2D eigenvalue weighted by Crippen LogP contribution is 2.39. The van der Waals surface area contributed by atoms with Crippen LogP contribution in [-0.4, -0.2) is 124 Å². The number of aromatic amines is 3. The Labute approximate surface area is 515 Å². The molecule has 0 saturated heterocycles. The molecule has 23 heteroatoms. The number of hydrogen-bond donors (Lipinski definition) is 3. The Morgan fingerprint density at radius 1 is 0.456 bits per heavy atom. The second kappa shape index (κ2) is 23.2. The first-order chi connectivity index (χ1) is 43.9. The van der Waals surface area contributed by atoms with Gasteiger partial charge in [-0.1, -0.05) is 0 Å². The fraction of sp³-hybridized carbons (Fsp3) is 0.269. The molecule has 90 heavy (non-hydrogen) atoms. The Balaban J connectivity index is 0.795.